The van der Waals surface area contributed by atoms with Crippen LogP contribution >= 0.6 is 24.0 Å². The van der Waals surface area contributed by atoms with Crippen molar-refractivity contribution in [2.75, 3.05) is 5.32 Å². The normalized spacial score (nSPS) is 11.7. The van der Waals surface area contributed by atoms with E-state index in [1.54, 1.807) is 0 Å². The first-order chi connectivity index (χ1) is 11.4. The lowest BCUT2D eigenvalue weighted by Crippen LogP contribution is -2.49. The third-order valence-corrected chi connectivity index (χ3v) is 5.25. The maximum Gasteiger partial charge on any atom is 0.324 e. The Morgan fingerprint density at radius 2 is 1.96 bits per heavy atom. The van der Waals surface area contributed by atoms with E-state index < -0.39 is 21.5 Å². The van der Waals surface area contributed by atoms with E-state index in [1.165, 1.54) is 38.2 Å². The second-order valence-electron chi connectivity index (χ2n) is 5.74. The van der Waals surface area contributed by atoms with Gasteiger partial charge in [-0.15, -0.1) is 12.4 Å². The van der Waals surface area contributed by atoms with Crippen LogP contribution in [0.3, 0.4) is 0 Å². The minimum absolute atomic E-state index is 0. The van der Waals surface area contributed by atoms with Crippen molar-refractivity contribution in [3.63, 3.8) is 0 Å². The van der Waals surface area contributed by atoms with Gasteiger partial charge in [-0.25, -0.2) is 13.4 Å². The van der Waals surface area contributed by atoms with Gasteiger partial charge >= 0.3 is 5.97 Å². The van der Waals surface area contributed by atoms with E-state index in [4.69, 9.17) is 27.9 Å². The van der Waals surface area contributed by atoms with Crippen LogP contribution in [-0.4, -0.2) is 36.0 Å². The Morgan fingerprint density at radius 1 is 1.35 bits per heavy atom. The lowest BCUT2D eigenvalue weighted by Gasteiger charge is -2.21. The van der Waals surface area contributed by atoms with E-state index in [9.17, 15) is 13.2 Å². The van der Waals surface area contributed by atoms with E-state index in [-0.39, 0.29) is 34.1 Å². The molecule has 9 nitrogen and oxygen atoms in total. The van der Waals surface area contributed by atoms with Gasteiger partial charge in [0.1, 0.15) is 11.4 Å². The lowest BCUT2D eigenvalue weighted by atomic mass is 10.1. The molecule has 0 saturated heterocycles. The highest BCUT2D eigenvalue weighted by Crippen LogP contribution is 2.30. The molecule has 0 aliphatic carbocycles. The summed E-state index contributed by atoms with van der Waals surface area (Å²) in [5.41, 5.74) is 3.60. The molecule has 2 aromatic rings. The fourth-order valence-corrected chi connectivity index (χ4v) is 3.63. The van der Waals surface area contributed by atoms with Gasteiger partial charge in [0.05, 0.1) is 9.92 Å². The number of nitrogens with one attached hydrogen (secondary N) is 3. The Morgan fingerprint density at radius 3 is 2.50 bits per heavy atom. The second kappa shape index (κ2) is 7.62. The zero-order valence-corrected chi connectivity index (χ0v) is 16.1. The molecule has 0 aliphatic rings. The number of carboxylic acid groups (broad SMARTS) is 1. The molecule has 0 fully saturated rings. The molecule has 142 valence electrons. The molecular weight excluding hydrogens is 405 g/mol. The molecule has 1 aromatic carbocycles. The molecule has 1 aromatic heterocycles. The number of pyridine rings is 1. The average Bonchev–Trinajstić information content (AvgIpc) is 2.48. The first-order valence-corrected chi connectivity index (χ1v) is 8.77. The fourth-order valence-electron chi connectivity index (χ4n) is 2.02. The van der Waals surface area contributed by atoms with Crippen molar-refractivity contribution in [3.8, 4) is 0 Å². The number of nitrogens with zero attached hydrogens (tertiary/aromatic N) is 1. The molecule has 12 heteroatoms. The monoisotopic (exact) mass is 421 g/mol. The summed E-state index contributed by atoms with van der Waals surface area (Å²) in [6.07, 6.45) is 1.34. The molecule has 0 amide bonds. The number of halogens is 2. The summed E-state index contributed by atoms with van der Waals surface area (Å²) >= 11 is 6.06. The number of benzene rings is 1. The topological polar surface area (TPSA) is 158 Å². The second-order valence-corrected chi connectivity index (χ2v) is 7.83. The maximum absolute atomic E-state index is 12.5. The largest absolute Gasteiger partial charge is 0.480 e. The maximum atomic E-state index is 12.5. The van der Waals surface area contributed by atoms with Crippen LogP contribution in [0.4, 0.5) is 5.82 Å². The molecule has 0 radical (unpaired) electrons. The highest BCUT2D eigenvalue weighted by Gasteiger charge is 2.33. The SMILES string of the molecule is CC(C)(NS(=O)(=O)c1ccc2c(Cl)cnc(NC(=N)N)c2c1)C(=O)O.Cl. The van der Waals surface area contributed by atoms with E-state index in [0.717, 1.165) is 0 Å². The van der Waals surface area contributed by atoms with Gasteiger partial charge in [-0.3, -0.25) is 10.2 Å². The smallest absolute Gasteiger partial charge is 0.324 e. The average molecular weight is 422 g/mol. The van der Waals surface area contributed by atoms with Crippen LogP contribution in [0.2, 0.25) is 5.02 Å². The third-order valence-electron chi connectivity index (χ3n) is 3.30. The minimum atomic E-state index is -4.13. The van der Waals surface area contributed by atoms with Crippen LogP contribution in [0, 0.1) is 5.41 Å². The van der Waals surface area contributed by atoms with Crippen molar-refractivity contribution >= 4 is 62.6 Å². The molecule has 1 heterocycles. The number of rotatable bonds is 5. The van der Waals surface area contributed by atoms with Crippen molar-refractivity contribution in [3.05, 3.63) is 29.4 Å². The van der Waals surface area contributed by atoms with Crippen molar-refractivity contribution in [2.45, 2.75) is 24.3 Å². The Balaban J connectivity index is 0.00000338. The van der Waals surface area contributed by atoms with Gasteiger partial charge < -0.3 is 16.2 Å². The summed E-state index contributed by atoms with van der Waals surface area (Å²) in [5, 5.41) is 20.0. The Bertz CT molecular complexity index is 979. The van der Waals surface area contributed by atoms with Gasteiger partial charge in [-0.1, -0.05) is 17.7 Å². The number of fused-ring (bicyclic) bond motifs is 1. The first kappa shape index (κ1) is 21.9. The molecule has 6 N–H and O–H groups in total. The molecule has 26 heavy (non-hydrogen) atoms. The van der Waals surface area contributed by atoms with E-state index >= 15 is 0 Å². The summed E-state index contributed by atoms with van der Waals surface area (Å²) in [6, 6.07) is 4.04. The molecule has 0 aliphatic heterocycles. The quantitative estimate of drug-likeness (QED) is 0.363. The predicted molar refractivity (Wildman–Crippen MR) is 102 cm³/mol. The van der Waals surface area contributed by atoms with Crippen LogP contribution in [0.1, 0.15) is 13.8 Å². The summed E-state index contributed by atoms with van der Waals surface area (Å²) in [5.74, 6) is -1.54. The van der Waals surface area contributed by atoms with E-state index in [2.05, 4.69) is 15.0 Å². The van der Waals surface area contributed by atoms with Crippen LogP contribution in [0.5, 0.6) is 0 Å². The van der Waals surface area contributed by atoms with Crippen LogP contribution in [0.15, 0.2) is 29.3 Å². The highest BCUT2D eigenvalue weighted by atomic mass is 35.5. The number of hydrogen-bond donors (Lipinski definition) is 5. The number of anilines is 1. The zero-order valence-electron chi connectivity index (χ0n) is 13.7. The van der Waals surface area contributed by atoms with Crippen molar-refractivity contribution in [1.29, 1.82) is 5.41 Å². The number of nitrogens with two attached hydrogens (primary N) is 1. The number of sulfonamides is 1. The Hall–Kier alpha value is -2.14. The van der Waals surface area contributed by atoms with Gasteiger partial charge in [-0.05, 0) is 26.0 Å². The summed E-state index contributed by atoms with van der Waals surface area (Å²) in [7, 11) is -4.13. The molecule has 0 atom stereocenters. The van der Waals surface area contributed by atoms with Crippen LogP contribution in [0.25, 0.3) is 10.8 Å². The summed E-state index contributed by atoms with van der Waals surface area (Å²) in [4.78, 5) is 15.0. The Kier molecular flexibility index (Phi) is 6.42. The van der Waals surface area contributed by atoms with Crippen molar-refractivity contribution in [2.24, 2.45) is 5.73 Å². The minimum Gasteiger partial charge on any atom is -0.480 e. The van der Waals surface area contributed by atoms with Crippen LogP contribution < -0.4 is 15.8 Å². The number of carboxylic acids is 1. The van der Waals surface area contributed by atoms with Crippen molar-refractivity contribution < 1.29 is 18.3 Å². The standard InChI is InChI=1S/C14H16ClN5O4S.ClH/c1-14(2,12(21)22)20-25(23,24)7-3-4-8-9(5-7)11(19-13(16)17)18-6-10(8)15;/h3-6,20H,1-2H3,(H,21,22)(H4,16,17,18,19);1H. The lowest BCUT2D eigenvalue weighted by molar-refractivity contribution is -0.142. The highest BCUT2D eigenvalue weighted by molar-refractivity contribution is 7.89. The van der Waals surface area contributed by atoms with Gasteiger partial charge in [-0.2, -0.15) is 4.72 Å². The first-order valence-electron chi connectivity index (χ1n) is 6.91. The predicted octanol–water partition coefficient (Wildman–Crippen LogP) is 1.76. The van der Waals surface area contributed by atoms with Crippen LogP contribution in [-0.2, 0) is 14.8 Å². The van der Waals surface area contributed by atoms with E-state index in [0.29, 0.717) is 10.8 Å². The number of guanidine groups is 1. The third kappa shape index (κ3) is 4.52. The fraction of sp³-hybridized carbons (Fsp3) is 0.214. The zero-order chi connectivity index (χ0) is 19.0. The number of aromatic nitrogens is 1. The van der Waals surface area contributed by atoms with E-state index in [1.807, 2.05) is 0 Å². The molecule has 0 bridgehead atoms. The summed E-state index contributed by atoms with van der Waals surface area (Å²) < 4.78 is 27.1. The van der Waals surface area contributed by atoms with Gasteiger partial charge in [0.2, 0.25) is 10.0 Å². The van der Waals surface area contributed by atoms with Gasteiger partial charge in [0.25, 0.3) is 0 Å². The van der Waals surface area contributed by atoms with Crippen molar-refractivity contribution in [1.82, 2.24) is 9.71 Å². The molecular formula is C14H17Cl2N5O4S. The number of hydrogen-bond acceptors (Lipinski definition) is 5. The Labute approximate surface area is 160 Å². The molecule has 0 saturated carbocycles. The van der Waals surface area contributed by atoms with Gasteiger partial charge in [0.15, 0.2) is 5.96 Å². The summed E-state index contributed by atoms with van der Waals surface area (Å²) in [6.45, 7) is 2.46. The van der Waals surface area contributed by atoms with Gasteiger partial charge in [0, 0.05) is 17.0 Å². The molecule has 2 rings (SSSR count). The molecule has 0 unspecified atom stereocenters. The molecule has 0 spiro atoms. The number of carbonyl (C=O) groups is 1. The number of aliphatic carboxylic acids is 1.